The number of aryl methyl sites for hydroxylation is 2. The molecule has 28 heavy (non-hydrogen) atoms. The van der Waals surface area contributed by atoms with Crippen LogP contribution in [0.2, 0.25) is 0 Å². The number of hydrogen-bond acceptors (Lipinski definition) is 7. The van der Waals surface area contributed by atoms with Gasteiger partial charge in [0, 0.05) is 23.2 Å². The molecule has 0 amide bonds. The van der Waals surface area contributed by atoms with Crippen LogP contribution in [0.25, 0.3) is 21.8 Å². The van der Waals surface area contributed by atoms with Gasteiger partial charge in [-0.3, -0.25) is 0 Å². The van der Waals surface area contributed by atoms with Crippen molar-refractivity contribution in [1.82, 2.24) is 19.9 Å². The number of rotatable bonds is 7. The number of nitrogens with zero attached hydrogens (tertiary/aromatic N) is 4. The van der Waals surface area contributed by atoms with Gasteiger partial charge in [0.1, 0.15) is 10.7 Å². The third kappa shape index (κ3) is 4.59. The predicted octanol–water partition coefficient (Wildman–Crippen LogP) is 5.23. The van der Waals surface area contributed by atoms with Crippen LogP contribution in [0.1, 0.15) is 36.3 Å². The van der Waals surface area contributed by atoms with E-state index < -0.39 is 0 Å². The van der Waals surface area contributed by atoms with Crippen molar-refractivity contribution < 1.29 is 0 Å². The van der Waals surface area contributed by atoms with Crippen LogP contribution in [-0.2, 0) is 0 Å². The van der Waals surface area contributed by atoms with Crippen molar-refractivity contribution in [3.8, 4) is 21.8 Å². The normalized spacial score (nSPS) is 15.1. The molecule has 1 N–H and O–H groups in total. The zero-order chi connectivity index (χ0) is 19.3. The lowest BCUT2D eigenvalue weighted by atomic mass is 10.1. The number of thiophene rings is 1. The maximum atomic E-state index is 4.85. The summed E-state index contributed by atoms with van der Waals surface area (Å²) in [7, 11) is 0. The van der Waals surface area contributed by atoms with Crippen LogP contribution in [0.4, 0.5) is 5.95 Å². The van der Waals surface area contributed by atoms with Crippen molar-refractivity contribution >= 4 is 28.6 Å². The van der Waals surface area contributed by atoms with Crippen LogP contribution in [0.15, 0.2) is 23.0 Å². The fraction of sp³-hybridized carbons (Fsp3) is 0.476. The third-order valence-electron chi connectivity index (χ3n) is 5.23. The summed E-state index contributed by atoms with van der Waals surface area (Å²) in [5.41, 5.74) is 4.20. The van der Waals surface area contributed by atoms with Gasteiger partial charge in [0.15, 0.2) is 0 Å². The largest absolute Gasteiger partial charge is 0.354 e. The molecule has 3 aromatic rings. The molecule has 7 heteroatoms. The summed E-state index contributed by atoms with van der Waals surface area (Å²) in [4.78, 5) is 18.0. The number of piperidine rings is 1. The van der Waals surface area contributed by atoms with Gasteiger partial charge in [-0.05, 0) is 75.1 Å². The number of nitrogens with one attached hydrogen (secondary N) is 1. The first kappa shape index (κ1) is 19.5. The first-order chi connectivity index (χ1) is 13.7. The molecule has 1 fully saturated rings. The molecule has 0 atom stereocenters. The number of hydrogen-bond donors (Lipinski definition) is 1. The molecule has 0 aromatic carbocycles. The maximum absolute atomic E-state index is 4.85. The highest BCUT2D eigenvalue weighted by Gasteiger charge is 2.16. The standard InChI is InChI=1S/C21H27N5S2/c1-15-16(2)28-20(24-15)19-18(17-7-12-27-14-17)13-23-21(25-19)22-8-6-11-26-9-4-3-5-10-26/h7,12-14H,3-6,8-11H2,1-2H3,(H,22,23,25). The SMILES string of the molecule is Cc1nc(-c2nc(NCCCN3CCCCC3)ncc2-c2ccsc2)sc1C. The van der Waals surface area contributed by atoms with Crippen LogP contribution in [0.5, 0.6) is 0 Å². The van der Waals surface area contributed by atoms with Gasteiger partial charge in [0.25, 0.3) is 0 Å². The highest BCUT2D eigenvalue weighted by molar-refractivity contribution is 7.15. The van der Waals surface area contributed by atoms with Gasteiger partial charge in [-0.15, -0.1) is 11.3 Å². The fourth-order valence-electron chi connectivity index (χ4n) is 3.52. The highest BCUT2D eigenvalue weighted by atomic mass is 32.1. The van der Waals surface area contributed by atoms with E-state index in [1.165, 1.54) is 37.2 Å². The van der Waals surface area contributed by atoms with Crippen LogP contribution >= 0.6 is 22.7 Å². The van der Waals surface area contributed by atoms with Crippen LogP contribution in [0, 0.1) is 13.8 Å². The van der Waals surface area contributed by atoms with Crippen molar-refractivity contribution in [2.45, 2.75) is 39.5 Å². The van der Waals surface area contributed by atoms with E-state index in [1.54, 1.807) is 22.7 Å². The van der Waals surface area contributed by atoms with Crippen LogP contribution in [-0.4, -0.2) is 46.0 Å². The molecule has 0 unspecified atom stereocenters. The van der Waals surface area contributed by atoms with E-state index in [1.807, 2.05) is 6.20 Å². The highest BCUT2D eigenvalue weighted by Crippen LogP contribution is 2.35. The van der Waals surface area contributed by atoms with E-state index in [4.69, 9.17) is 9.97 Å². The Morgan fingerprint density at radius 1 is 1.14 bits per heavy atom. The summed E-state index contributed by atoms with van der Waals surface area (Å²) >= 11 is 3.39. The molecule has 4 heterocycles. The molecule has 1 saturated heterocycles. The van der Waals surface area contributed by atoms with Crippen molar-refractivity contribution in [3.63, 3.8) is 0 Å². The Bertz CT molecular complexity index is 878. The quantitative estimate of drug-likeness (QED) is 0.537. The van der Waals surface area contributed by atoms with Gasteiger partial charge in [-0.1, -0.05) is 6.42 Å². The van der Waals surface area contributed by atoms with E-state index in [9.17, 15) is 0 Å². The summed E-state index contributed by atoms with van der Waals surface area (Å²) in [5.74, 6) is 0.693. The molecule has 4 rings (SSSR count). The predicted molar refractivity (Wildman–Crippen MR) is 119 cm³/mol. The molecule has 0 spiro atoms. The Kier molecular flexibility index (Phi) is 6.34. The summed E-state index contributed by atoms with van der Waals surface area (Å²) in [6.45, 7) is 8.71. The monoisotopic (exact) mass is 413 g/mol. The lowest BCUT2D eigenvalue weighted by molar-refractivity contribution is 0.228. The number of anilines is 1. The Balaban J connectivity index is 1.48. The molecule has 5 nitrogen and oxygen atoms in total. The number of likely N-dealkylation sites (tertiary alicyclic amines) is 1. The van der Waals surface area contributed by atoms with E-state index in [2.05, 4.69) is 45.9 Å². The number of thiazole rings is 1. The zero-order valence-corrected chi connectivity index (χ0v) is 18.2. The molecule has 0 radical (unpaired) electrons. The van der Waals surface area contributed by atoms with Gasteiger partial charge in [0.2, 0.25) is 5.95 Å². The zero-order valence-electron chi connectivity index (χ0n) is 16.6. The molecule has 0 saturated carbocycles. The minimum Gasteiger partial charge on any atom is -0.354 e. The Morgan fingerprint density at radius 3 is 2.71 bits per heavy atom. The average Bonchev–Trinajstić information content (AvgIpc) is 3.36. The van der Waals surface area contributed by atoms with Crippen molar-refractivity contribution in [2.75, 3.05) is 31.5 Å². The minimum atomic E-state index is 0.693. The topological polar surface area (TPSA) is 53.9 Å². The second kappa shape index (κ2) is 9.11. The molecular formula is C21H27N5S2. The molecular weight excluding hydrogens is 386 g/mol. The second-order valence-corrected chi connectivity index (χ2v) is 9.29. The van der Waals surface area contributed by atoms with Gasteiger partial charge in [-0.2, -0.15) is 11.3 Å². The van der Waals surface area contributed by atoms with Crippen LogP contribution in [0.3, 0.4) is 0 Å². The molecule has 1 aliphatic rings. The lowest BCUT2D eigenvalue weighted by Crippen LogP contribution is -2.31. The summed E-state index contributed by atoms with van der Waals surface area (Å²) in [6.07, 6.45) is 7.12. The number of aromatic nitrogens is 3. The second-order valence-electron chi connectivity index (χ2n) is 7.31. The summed E-state index contributed by atoms with van der Waals surface area (Å²) in [5, 5.41) is 8.61. The smallest absolute Gasteiger partial charge is 0.223 e. The fourth-order valence-corrected chi connectivity index (χ4v) is 5.09. The van der Waals surface area contributed by atoms with Crippen LogP contribution < -0.4 is 5.32 Å². The van der Waals surface area contributed by atoms with E-state index in [-0.39, 0.29) is 0 Å². The van der Waals surface area contributed by atoms with Gasteiger partial charge < -0.3 is 10.2 Å². The first-order valence-corrected chi connectivity index (χ1v) is 11.8. The summed E-state index contributed by atoms with van der Waals surface area (Å²) in [6, 6.07) is 2.12. The molecule has 1 aliphatic heterocycles. The lowest BCUT2D eigenvalue weighted by Gasteiger charge is -2.26. The van der Waals surface area contributed by atoms with Gasteiger partial charge in [0.05, 0.1) is 5.69 Å². The molecule has 3 aromatic heterocycles. The maximum Gasteiger partial charge on any atom is 0.223 e. The minimum absolute atomic E-state index is 0.693. The van der Waals surface area contributed by atoms with E-state index >= 15 is 0 Å². The van der Waals surface area contributed by atoms with Crippen molar-refractivity contribution in [1.29, 1.82) is 0 Å². The summed E-state index contributed by atoms with van der Waals surface area (Å²) < 4.78 is 0. The van der Waals surface area contributed by atoms with Gasteiger partial charge in [-0.25, -0.2) is 15.0 Å². The van der Waals surface area contributed by atoms with Gasteiger partial charge >= 0.3 is 0 Å². The average molecular weight is 414 g/mol. The molecule has 0 bridgehead atoms. The molecule has 0 aliphatic carbocycles. The molecule has 148 valence electrons. The Hall–Kier alpha value is -1.83. The van der Waals surface area contributed by atoms with Crippen molar-refractivity contribution in [2.24, 2.45) is 0 Å². The Morgan fingerprint density at radius 2 is 2.00 bits per heavy atom. The van der Waals surface area contributed by atoms with E-state index in [0.717, 1.165) is 47.0 Å². The third-order valence-corrected chi connectivity index (χ3v) is 7.00. The van der Waals surface area contributed by atoms with E-state index in [0.29, 0.717) is 5.95 Å². The first-order valence-electron chi connectivity index (χ1n) is 10.0. The Labute approximate surface area is 174 Å². The van der Waals surface area contributed by atoms with Crippen molar-refractivity contribution in [3.05, 3.63) is 33.6 Å².